The smallest absolute Gasteiger partial charge is 0.149 e. The molecule has 0 fully saturated rings. The summed E-state index contributed by atoms with van der Waals surface area (Å²) in [5, 5.41) is 1.92. The Balaban J connectivity index is 2.47. The number of rotatable bonds is 4. The van der Waals surface area contributed by atoms with E-state index in [0.717, 1.165) is 5.69 Å². The van der Waals surface area contributed by atoms with Crippen molar-refractivity contribution in [3.05, 3.63) is 16.6 Å². The van der Waals surface area contributed by atoms with Crippen LogP contribution in [0.1, 0.15) is 19.0 Å². The van der Waals surface area contributed by atoms with Gasteiger partial charge in [0.15, 0.2) is 0 Å². The van der Waals surface area contributed by atoms with E-state index in [1.54, 1.807) is 5.51 Å². The zero-order chi connectivity index (χ0) is 8.97. The molecule has 1 aromatic heterocycles. The minimum absolute atomic E-state index is 0.100. The van der Waals surface area contributed by atoms with Gasteiger partial charge in [0.2, 0.25) is 0 Å². The van der Waals surface area contributed by atoms with Crippen molar-refractivity contribution >= 4 is 17.1 Å². The highest BCUT2D eigenvalue weighted by molar-refractivity contribution is 7.07. The van der Waals surface area contributed by atoms with Crippen LogP contribution in [0.15, 0.2) is 10.9 Å². The molecule has 0 radical (unpaired) electrons. The Bertz CT molecular complexity index is 246. The first kappa shape index (κ1) is 9.35. The highest BCUT2D eigenvalue weighted by Gasteiger charge is 2.12. The molecule has 0 amide bonds. The van der Waals surface area contributed by atoms with Gasteiger partial charge in [0.1, 0.15) is 5.78 Å². The average molecular weight is 184 g/mol. The lowest BCUT2D eigenvalue weighted by Crippen LogP contribution is -2.32. The highest BCUT2D eigenvalue weighted by Crippen LogP contribution is 2.04. The molecule has 0 aromatic carbocycles. The highest BCUT2D eigenvalue weighted by atomic mass is 32.1. The van der Waals surface area contributed by atoms with E-state index in [9.17, 15) is 4.79 Å². The molecule has 1 atom stereocenters. The van der Waals surface area contributed by atoms with Crippen LogP contribution in [0.2, 0.25) is 0 Å². The summed E-state index contributed by atoms with van der Waals surface area (Å²) in [6, 6.07) is -0.378. The second kappa shape index (κ2) is 4.33. The number of nitrogens with two attached hydrogens (primary N) is 1. The summed E-state index contributed by atoms with van der Waals surface area (Å²) in [5.41, 5.74) is 8.29. The fourth-order valence-electron chi connectivity index (χ4n) is 0.940. The molecule has 0 aliphatic carbocycles. The molecule has 0 saturated heterocycles. The van der Waals surface area contributed by atoms with Gasteiger partial charge in [-0.1, -0.05) is 6.92 Å². The normalized spacial score (nSPS) is 12.8. The van der Waals surface area contributed by atoms with Gasteiger partial charge in [-0.25, -0.2) is 4.98 Å². The fraction of sp³-hybridized carbons (Fsp3) is 0.500. The Morgan fingerprint density at radius 1 is 1.83 bits per heavy atom. The monoisotopic (exact) mass is 184 g/mol. The number of Topliss-reactive ketones (excluding diaryl/α,β-unsaturated/α-hetero) is 1. The minimum atomic E-state index is -0.378. The van der Waals surface area contributed by atoms with Crippen LogP contribution in [-0.2, 0) is 11.2 Å². The number of aromatic nitrogens is 1. The van der Waals surface area contributed by atoms with Crippen LogP contribution in [-0.4, -0.2) is 16.8 Å². The van der Waals surface area contributed by atoms with Crippen LogP contribution in [0.25, 0.3) is 0 Å². The first-order valence-corrected chi connectivity index (χ1v) is 4.83. The van der Waals surface area contributed by atoms with Gasteiger partial charge in [0.25, 0.3) is 0 Å². The largest absolute Gasteiger partial charge is 0.321 e. The Hall–Kier alpha value is -0.740. The molecule has 0 bridgehead atoms. The minimum Gasteiger partial charge on any atom is -0.321 e. The summed E-state index contributed by atoms with van der Waals surface area (Å²) in [4.78, 5) is 15.1. The van der Waals surface area contributed by atoms with Gasteiger partial charge in [-0.15, -0.1) is 11.3 Å². The number of nitrogens with zero attached hydrogens (tertiary/aromatic N) is 1. The van der Waals surface area contributed by atoms with Crippen molar-refractivity contribution in [1.29, 1.82) is 0 Å². The number of hydrogen-bond acceptors (Lipinski definition) is 4. The van der Waals surface area contributed by atoms with Gasteiger partial charge >= 0.3 is 0 Å². The molecule has 1 unspecified atom stereocenters. The predicted molar refractivity (Wildman–Crippen MR) is 49.1 cm³/mol. The molecule has 2 N–H and O–H groups in total. The lowest BCUT2D eigenvalue weighted by molar-refractivity contribution is -0.119. The first-order chi connectivity index (χ1) is 5.74. The number of hydrogen-bond donors (Lipinski definition) is 1. The molecule has 0 saturated carbocycles. The van der Waals surface area contributed by atoms with Gasteiger partial charge < -0.3 is 5.73 Å². The van der Waals surface area contributed by atoms with Crippen LogP contribution >= 0.6 is 11.3 Å². The number of thiazole rings is 1. The molecule has 12 heavy (non-hydrogen) atoms. The second-order valence-electron chi connectivity index (χ2n) is 2.61. The Morgan fingerprint density at radius 2 is 2.58 bits per heavy atom. The van der Waals surface area contributed by atoms with E-state index < -0.39 is 0 Å². The van der Waals surface area contributed by atoms with E-state index in [2.05, 4.69) is 4.98 Å². The Morgan fingerprint density at radius 3 is 3.08 bits per heavy atom. The van der Waals surface area contributed by atoms with E-state index in [-0.39, 0.29) is 11.8 Å². The van der Waals surface area contributed by atoms with E-state index in [1.807, 2.05) is 12.3 Å². The third-order valence-corrected chi connectivity index (χ3v) is 2.31. The van der Waals surface area contributed by atoms with Crippen molar-refractivity contribution in [3.63, 3.8) is 0 Å². The zero-order valence-electron chi connectivity index (χ0n) is 6.99. The van der Waals surface area contributed by atoms with E-state index in [4.69, 9.17) is 5.73 Å². The number of carbonyl (C=O) groups excluding carboxylic acids is 1. The molecule has 0 spiro atoms. The van der Waals surface area contributed by atoms with Crippen molar-refractivity contribution in [2.75, 3.05) is 0 Å². The molecule has 1 heterocycles. The molecule has 3 nitrogen and oxygen atoms in total. The third-order valence-electron chi connectivity index (χ3n) is 1.67. The van der Waals surface area contributed by atoms with Crippen molar-refractivity contribution in [2.45, 2.75) is 25.8 Å². The van der Waals surface area contributed by atoms with Gasteiger partial charge in [-0.2, -0.15) is 0 Å². The maximum atomic E-state index is 11.1. The maximum absolute atomic E-state index is 11.1. The molecular weight excluding hydrogens is 172 g/mol. The Kier molecular flexibility index (Phi) is 3.37. The standard InChI is InChI=1S/C8H12N2OS/c1-2-8(11)7(9)3-6-4-12-5-10-6/h4-5,7H,2-3,9H2,1H3. The second-order valence-corrected chi connectivity index (χ2v) is 3.33. The summed E-state index contributed by atoms with van der Waals surface area (Å²) >= 11 is 1.52. The lowest BCUT2D eigenvalue weighted by Gasteiger charge is -2.05. The maximum Gasteiger partial charge on any atom is 0.149 e. The van der Waals surface area contributed by atoms with Crippen molar-refractivity contribution < 1.29 is 4.79 Å². The lowest BCUT2D eigenvalue weighted by atomic mass is 10.1. The summed E-state index contributed by atoms with van der Waals surface area (Å²) < 4.78 is 0. The Labute approximate surface area is 75.6 Å². The van der Waals surface area contributed by atoms with Crippen LogP contribution in [0, 0.1) is 0 Å². The van der Waals surface area contributed by atoms with Gasteiger partial charge in [-0.05, 0) is 0 Å². The molecule has 0 aliphatic heterocycles. The van der Waals surface area contributed by atoms with Crippen LogP contribution in [0.5, 0.6) is 0 Å². The van der Waals surface area contributed by atoms with Crippen LogP contribution < -0.4 is 5.73 Å². The van der Waals surface area contributed by atoms with Gasteiger partial charge in [-0.3, -0.25) is 4.79 Å². The molecular formula is C8H12N2OS. The average Bonchev–Trinajstić information content (AvgIpc) is 2.55. The number of ketones is 1. The molecule has 1 rings (SSSR count). The summed E-state index contributed by atoms with van der Waals surface area (Å²) in [5.74, 6) is 0.100. The van der Waals surface area contributed by atoms with E-state index in [0.29, 0.717) is 12.8 Å². The van der Waals surface area contributed by atoms with Crippen LogP contribution in [0.4, 0.5) is 0 Å². The summed E-state index contributed by atoms with van der Waals surface area (Å²) in [7, 11) is 0. The summed E-state index contributed by atoms with van der Waals surface area (Å²) in [6.07, 6.45) is 1.07. The van der Waals surface area contributed by atoms with Crippen molar-refractivity contribution in [2.24, 2.45) is 5.73 Å². The zero-order valence-corrected chi connectivity index (χ0v) is 7.80. The number of carbonyl (C=O) groups is 1. The van der Waals surface area contributed by atoms with Crippen molar-refractivity contribution in [3.8, 4) is 0 Å². The van der Waals surface area contributed by atoms with E-state index >= 15 is 0 Å². The molecule has 1 aromatic rings. The van der Waals surface area contributed by atoms with Gasteiger partial charge in [0.05, 0.1) is 17.2 Å². The molecule has 0 aliphatic rings. The van der Waals surface area contributed by atoms with Gasteiger partial charge in [0, 0.05) is 18.2 Å². The molecule has 4 heteroatoms. The summed E-state index contributed by atoms with van der Waals surface area (Å²) in [6.45, 7) is 1.82. The quantitative estimate of drug-likeness (QED) is 0.759. The fourth-order valence-corrected chi connectivity index (χ4v) is 1.51. The third kappa shape index (κ3) is 2.39. The topological polar surface area (TPSA) is 56.0 Å². The molecule has 66 valence electrons. The first-order valence-electron chi connectivity index (χ1n) is 3.89. The van der Waals surface area contributed by atoms with Crippen LogP contribution in [0.3, 0.4) is 0 Å². The SMILES string of the molecule is CCC(=O)C(N)Cc1cscn1. The predicted octanol–water partition coefficient (Wildman–Crippen LogP) is 0.992. The van der Waals surface area contributed by atoms with E-state index in [1.165, 1.54) is 11.3 Å². The van der Waals surface area contributed by atoms with Crippen molar-refractivity contribution in [1.82, 2.24) is 4.98 Å².